The lowest BCUT2D eigenvalue weighted by atomic mass is 9.95. The molecule has 0 N–H and O–H groups in total. The zero-order valence-corrected chi connectivity index (χ0v) is 38.3. The Bertz CT molecular complexity index is 2100. The van der Waals surface area contributed by atoms with Crippen LogP contribution in [-0.2, 0) is 96.5 Å². The summed E-state index contributed by atoms with van der Waals surface area (Å²) in [5.41, 5.74) is 5.92. The fourth-order valence-electron chi connectivity index (χ4n) is 9.02. The van der Waals surface area contributed by atoms with Gasteiger partial charge in [0.1, 0.15) is 49.8 Å². The van der Waals surface area contributed by atoms with Crippen LogP contribution in [0.1, 0.15) is 61.1 Å². The van der Waals surface area contributed by atoms with Crippen LogP contribution in [-0.4, -0.2) is 86.2 Å². The summed E-state index contributed by atoms with van der Waals surface area (Å²) in [6.07, 6.45) is -3.68. The molecule has 5 aromatic carbocycles. The second kappa shape index (κ2) is 20.9. The average Bonchev–Trinajstić information content (AvgIpc) is 3.83. The van der Waals surface area contributed by atoms with Gasteiger partial charge in [-0.2, -0.15) is 0 Å². The second-order valence-electron chi connectivity index (χ2n) is 18.3. The van der Waals surface area contributed by atoms with Crippen LogP contribution < -0.4 is 0 Å². The molecule has 4 saturated heterocycles. The maximum atomic E-state index is 7.03. The van der Waals surface area contributed by atoms with Crippen LogP contribution in [0.2, 0.25) is 0 Å². The molecule has 350 valence electrons. The van der Waals surface area contributed by atoms with Crippen molar-refractivity contribution in [2.45, 2.75) is 127 Å². The van der Waals surface area contributed by atoms with Gasteiger partial charge in [-0.1, -0.05) is 146 Å². The standard InChI is InChI=1S/C54H62O12/c1-51(2)63-37-53(65-51)49(47(57-31-41-23-13-7-14-24-41)45(35-61-53)55-29-39-19-9-5-10-20-39)59-33-43-27-17-18-28-44(43)34-60-50-48(58-32-42-25-15-8-16-26-42)46(56-30-40-21-11-6-12-22-40)36-62-54(50)38-64-52(3,4)66-54/h5-28,45-50H,29-38H2,1-4H3/t45-,46-,47-,48-,49+,50+,53+,54+/m1/s1. The van der Waals surface area contributed by atoms with E-state index in [1.54, 1.807) is 0 Å². The number of benzene rings is 5. The van der Waals surface area contributed by atoms with Gasteiger partial charge in [-0.05, 0) is 61.1 Å². The van der Waals surface area contributed by atoms with Crippen molar-refractivity contribution in [3.05, 3.63) is 179 Å². The lowest BCUT2D eigenvalue weighted by molar-refractivity contribution is -0.357. The Hall–Kier alpha value is -4.38. The molecule has 0 saturated carbocycles. The van der Waals surface area contributed by atoms with Crippen molar-refractivity contribution >= 4 is 0 Å². The fourth-order valence-corrected chi connectivity index (χ4v) is 9.02. The molecule has 8 atom stereocenters. The summed E-state index contributed by atoms with van der Waals surface area (Å²) < 4.78 is 79.8. The van der Waals surface area contributed by atoms with E-state index in [2.05, 4.69) is 0 Å². The van der Waals surface area contributed by atoms with Gasteiger partial charge in [0.25, 0.3) is 0 Å². The predicted molar refractivity (Wildman–Crippen MR) is 243 cm³/mol. The van der Waals surface area contributed by atoms with Crippen LogP contribution >= 0.6 is 0 Å². The lowest BCUT2D eigenvalue weighted by Gasteiger charge is -2.47. The Morgan fingerprint density at radius 3 is 1.02 bits per heavy atom. The summed E-state index contributed by atoms with van der Waals surface area (Å²) in [5, 5.41) is 0. The van der Waals surface area contributed by atoms with E-state index in [4.69, 9.17) is 56.8 Å². The molecular weight excluding hydrogens is 841 g/mol. The number of hydrogen-bond donors (Lipinski definition) is 0. The molecule has 4 aliphatic heterocycles. The quantitative estimate of drug-likeness (QED) is 0.0839. The van der Waals surface area contributed by atoms with Crippen LogP contribution in [0, 0.1) is 0 Å². The Labute approximate surface area is 388 Å². The van der Waals surface area contributed by atoms with E-state index in [9.17, 15) is 0 Å². The van der Waals surface area contributed by atoms with Gasteiger partial charge in [-0.3, -0.25) is 0 Å². The topological polar surface area (TPSA) is 111 Å². The molecule has 5 aromatic rings. The minimum Gasteiger partial charge on any atom is -0.368 e. The van der Waals surface area contributed by atoms with Crippen LogP contribution in [0.4, 0.5) is 0 Å². The van der Waals surface area contributed by atoms with E-state index in [1.165, 1.54) is 0 Å². The highest BCUT2D eigenvalue weighted by atomic mass is 16.9. The first-order valence-electron chi connectivity index (χ1n) is 23.0. The smallest absolute Gasteiger partial charge is 0.224 e. The SMILES string of the molecule is CC1(C)OC[C@]2(OC[C@@H](OCc3ccccc3)[C@@H](OCc3ccccc3)[C@@H]2OCc2ccccc2CO[C@H]2[C@H](OCc3ccccc3)[C@H](OCc3ccccc3)CO[C@]23COC(C)(C)O3)O1. The summed E-state index contributed by atoms with van der Waals surface area (Å²) >= 11 is 0. The molecule has 0 unspecified atom stereocenters. The normalized spacial score (nSPS) is 29.1. The van der Waals surface area contributed by atoms with E-state index in [-0.39, 0.29) is 39.6 Å². The van der Waals surface area contributed by atoms with Crippen molar-refractivity contribution < 1.29 is 56.8 Å². The maximum Gasteiger partial charge on any atom is 0.224 e. The molecule has 4 aliphatic rings. The molecule has 12 heteroatoms. The first-order valence-corrected chi connectivity index (χ1v) is 23.0. The van der Waals surface area contributed by atoms with Crippen LogP contribution in [0.3, 0.4) is 0 Å². The first-order chi connectivity index (χ1) is 32.1. The van der Waals surface area contributed by atoms with E-state index < -0.39 is 59.8 Å². The van der Waals surface area contributed by atoms with E-state index in [0.29, 0.717) is 26.4 Å². The highest BCUT2D eigenvalue weighted by Crippen LogP contribution is 2.44. The molecule has 66 heavy (non-hydrogen) atoms. The third-order valence-electron chi connectivity index (χ3n) is 12.4. The minimum atomic E-state index is -1.26. The molecule has 4 heterocycles. The zero-order valence-electron chi connectivity index (χ0n) is 38.3. The number of ether oxygens (including phenoxy) is 12. The number of hydrogen-bond acceptors (Lipinski definition) is 12. The van der Waals surface area contributed by atoms with Crippen molar-refractivity contribution in [1.29, 1.82) is 0 Å². The van der Waals surface area contributed by atoms with E-state index in [1.807, 2.05) is 173 Å². The summed E-state index contributed by atoms with van der Waals surface area (Å²) in [5.74, 6) is -4.37. The molecular formula is C54H62O12. The number of rotatable bonds is 18. The molecule has 2 spiro atoms. The van der Waals surface area contributed by atoms with Crippen molar-refractivity contribution in [1.82, 2.24) is 0 Å². The van der Waals surface area contributed by atoms with Gasteiger partial charge < -0.3 is 56.8 Å². The average molecular weight is 903 g/mol. The van der Waals surface area contributed by atoms with Crippen LogP contribution in [0.5, 0.6) is 0 Å². The first kappa shape index (κ1) is 46.7. The predicted octanol–water partition coefficient (Wildman–Crippen LogP) is 8.82. The fraction of sp³-hybridized carbons (Fsp3) is 0.444. The molecule has 0 amide bonds. The molecule has 12 nitrogen and oxygen atoms in total. The zero-order chi connectivity index (χ0) is 45.5. The van der Waals surface area contributed by atoms with E-state index in [0.717, 1.165) is 33.4 Å². The van der Waals surface area contributed by atoms with Gasteiger partial charge in [0.2, 0.25) is 11.6 Å². The van der Waals surface area contributed by atoms with Crippen LogP contribution in [0.15, 0.2) is 146 Å². The van der Waals surface area contributed by atoms with Crippen molar-refractivity contribution in [3.63, 3.8) is 0 Å². The van der Waals surface area contributed by atoms with E-state index >= 15 is 0 Å². The lowest BCUT2D eigenvalue weighted by Crippen LogP contribution is -2.64. The summed E-state index contributed by atoms with van der Waals surface area (Å²) in [4.78, 5) is 0. The van der Waals surface area contributed by atoms with Gasteiger partial charge in [0, 0.05) is 0 Å². The van der Waals surface area contributed by atoms with Crippen molar-refractivity contribution in [2.24, 2.45) is 0 Å². The van der Waals surface area contributed by atoms with Gasteiger partial charge in [0.05, 0.1) is 52.9 Å². The Kier molecular flexibility index (Phi) is 14.8. The minimum absolute atomic E-state index is 0.145. The third-order valence-corrected chi connectivity index (χ3v) is 12.4. The molecule has 0 bridgehead atoms. The molecule has 4 fully saturated rings. The molecule has 0 radical (unpaired) electrons. The highest BCUT2D eigenvalue weighted by Gasteiger charge is 2.61. The largest absolute Gasteiger partial charge is 0.368 e. The highest BCUT2D eigenvalue weighted by molar-refractivity contribution is 5.26. The van der Waals surface area contributed by atoms with Gasteiger partial charge in [0.15, 0.2) is 11.6 Å². The van der Waals surface area contributed by atoms with Crippen molar-refractivity contribution in [2.75, 3.05) is 26.4 Å². The summed E-state index contributed by atoms with van der Waals surface area (Å²) in [6, 6.07) is 48.3. The third kappa shape index (κ3) is 11.3. The summed E-state index contributed by atoms with van der Waals surface area (Å²) in [7, 11) is 0. The monoisotopic (exact) mass is 902 g/mol. The van der Waals surface area contributed by atoms with Crippen molar-refractivity contribution in [3.8, 4) is 0 Å². The van der Waals surface area contributed by atoms with Gasteiger partial charge >= 0.3 is 0 Å². The molecule has 0 aromatic heterocycles. The van der Waals surface area contributed by atoms with Crippen LogP contribution in [0.25, 0.3) is 0 Å². The molecule has 0 aliphatic carbocycles. The molecule has 9 rings (SSSR count). The Morgan fingerprint density at radius 1 is 0.379 bits per heavy atom. The second-order valence-corrected chi connectivity index (χ2v) is 18.3. The maximum absolute atomic E-state index is 7.03. The van der Waals surface area contributed by atoms with Gasteiger partial charge in [-0.15, -0.1) is 0 Å². The summed E-state index contributed by atoms with van der Waals surface area (Å²) in [6.45, 7) is 9.98. The van der Waals surface area contributed by atoms with Gasteiger partial charge in [-0.25, -0.2) is 0 Å². The Morgan fingerprint density at radius 2 is 0.697 bits per heavy atom. The Balaban J connectivity index is 0.982.